The molecule has 1 rings (SSSR count). The van der Waals surface area contributed by atoms with Crippen LogP contribution in [0.5, 0.6) is 5.75 Å². The molecule has 0 radical (unpaired) electrons. The van der Waals surface area contributed by atoms with Gasteiger partial charge in [0.25, 0.3) is 0 Å². The molecule has 0 saturated heterocycles. The van der Waals surface area contributed by atoms with Crippen molar-refractivity contribution in [1.82, 2.24) is 4.90 Å². The van der Waals surface area contributed by atoms with Crippen molar-refractivity contribution in [3.63, 3.8) is 0 Å². The van der Waals surface area contributed by atoms with Crippen molar-refractivity contribution in [2.75, 3.05) is 13.1 Å². The number of carbonyl (C=O) groups excluding carboxylic acids is 1. The van der Waals surface area contributed by atoms with Crippen LogP contribution < -0.4 is 4.74 Å². The van der Waals surface area contributed by atoms with E-state index in [-0.39, 0.29) is 13.0 Å². The maximum Gasteiger partial charge on any atom is 0.573 e. The standard InChI is InChI=1S/C16H19F6NO2/c1-14(2,3)9-23(10-15(17,18)19)13(24)8-11-4-6-12(7-5-11)25-16(20,21)22/h4-7H,8-10H2,1-3H3. The molecule has 0 atom stereocenters. The van der Waals surface area contributed by atoms with E-state index in [0.717, 1.165) is 12.1 Å². The van der Waals surface area contributed by atoms with Crippen molar-refractivity contribution in [2.45, 2.75) is 39.7 Å². The maximum atomic E-state index is 12.7. The number of amides is 1. The molecule has 1 aromatic rings. The maximum absolute atomic E-state index is 12.7. The highest BCUT2D eigenvalue weighted by Gasteiger charge is 2.34. The SMILES string of the molecule is CC(C)(C)CN(CC(F)(F)F)C(=O)Cc1ccc(OC(F)(F)F)cc1. The molecule has 0 aliphatic carbocycles. The van der Waals surface area contributed by atoms with Crippen LogP contribution in [0.15, 0.2) is 24.3 Å². The number of hydrogen-bond acceptors (Lipinski definition) is 2. The fourth-order valence-corrected chi connectivity index (χ4v) is 2.12. The molecule has 0 spiro atoms. The number of nitrogens with zero attached hydrogens (tertiary/aromatic N) is 1. The van der Waals surface area contributed by atoms with Crippen molar-refractivity contribution >= 4 is 5.91 Å². The van der Waals surface area contributed by atoms with Crippen LogP contribution in [0, 0.1) is 5.41 Å². The van der Waals surface area contributed by atoms with Crippen molar-refractivity contribution in [1.29, 1.82) is 0 Å². The summed E-state index contributed by atoms with van der Waals surface area (Å²) >= 11 is 0. The van der Waals surface area contributed by atoms with Crippen LogP contribution in [0.1, 0.15) is 26.3 Å². The van der Waals surface area contributed by atoms with E-state index in [4.69, 9.17) is 0 Å². The minimum atomic E-state index is -4.84. The first-order valence-corrected chi connectivity index (χ1v) is 7.34. The van der Waals surface area contributed by atoms with Crippen molar-refractivity contribution in [3.8, 4) is 5.75 Å². The van der Waals surface area contributed by atoms with E-state index in [2.05, 4.69) is 4.74 Å². The number of rotatable bonds is 5. The van der Waals surface area contributed by atoms with E-state index < -0.39 is 36.2 Å². The minimum Gasteiger partial charge on any atom is -0.406 e. The third kappa shape index (κ3) is 9.21. The molecule has 0 aromatic heterocycles. The average Bonchev–Trinajstić information content (AvgIpc) is 2.35. The third-order valence-electron chi connectivity index (χ3n) is 2.90. The van der Waals surface area contributed by atoms with Gasteiger partial charge in [0.05, 0.1) is 6.42 Å². The number of ether oxygens (including phenoxy) is 1. The summed E-state index contributed by atoms with van der Waals surface area (Å²) in [6.07, 6.45) is -9.72. The molecule has 0 fully saturated rings. The molecule has 142 valence electrons. The molecule has 0 heterocycles. The Bertz CT molecular complexity index is 556. The summed E-state index contributed by atoms with van der Waals surface area (Å²) in [5.41, 5.74) is -0.244. The lowest BCUT2D eigenvalue weighted by molar-refractivity contribution is -0.274. The van der Waals surface area contributed by atoms with E-state index >= 15 is 0 Å². The van der Waals surface area contributed by atoms with Gasteiger partial charge < -0.3 is 9.64 Å². The Kier molecular flexibility index (Phi) is 6.36. The second-order valence-electron chi connectivity index (χ2n) is 6.79. The van der Waals surface area contributed by atoms with Gasteiger partial charge in [0, 0.05) is 6.54 Å². The summed E-state index contributed by atoms with van der Waals surface area (Å²) in [4.78, 5) is 12.9. The zero-order valence-electron chi connectivity index (χ0n) is 14.0. The van der Waals surface area contributed by atoms with Gasteiger partial charge in [-0.2, -0.15) is 13.2 Å². The Labute approximate surface area is 141 Å². The van der Waals surface area contributed by atoms with E-state index in [1.54, 1.807) is 20.8 Å². The Morgan fingerprint density at radius 3 is 1.88 bits per heavy atom. The summed E-state index contributed by atoms with van der Waals surface area (Å²) in [7, 11) is 0. The van der Waals surface area contributed by atoms with Gasteiger partial charge in [-0.05, 0) is 23.1 Å². The summed E-state index contributed by atoms with van der Waals surface area (Å²) in [5.74, 6) is -1.22. The van der Waals surface area contributed by atoms with E-state index in [1.165, 1.54) is 12.1 Å². The quantitative estimate of drug-likeness (QED) is 0.710. The van der Waals surface area contributed by atoms with Crippen LogP contribution in [0.25, 0.3) is 0 Å². The Morgan fingerprint density at radius 2 is 1.48 bits per heavy atom. The lowest BCUT2D eigenvalue weighted by atomic mass is 9.95. The van der Waals surface area contributed by atoms with Crippen molar-refractivity contribution in [2.24, 2.45) is 5.41 Å². The number of benzene rings is 1. The van der Waals surface area contributed by atoms with Crippen LogP contribution >= 0.6 is 0 Å². The van der Waals surface area contributed by atoms with Crippen LogP contribution in [0.4, 0.5) is 26.3 Å². The lowest BCUT2D eigenvalue weighted by Crippen LogP contribution is -2.44. The molecular weight excluding hydrogens is 352 g/mol. The molecular formula is C16H19F6NO2. The first-order valence-electron chi connectivity index (χ1n) is 7.34. The molecule has 0 aliphatic heterocycles. The fourth-order valence-electron chi connectivity index (χ4n) is 2.12. The molecule has 25 heavy (non-hydrogen) atoms. The second kappa shape index (κ2) is 7.53. The number of alkyl halides is 6. The van der Waals surface area contributed by atoms with Crippen LogP contribution in [-0.2, 0) is 11.2 Å². The molecule has 0 saturated carbocycles. The zero-order chi connectivity index (χ0) is 19.5. The van der Waals surface area contributed by atoms with Crippen LogP contribution in [0.3, 0.4) is 0 Å². The van der Waals surface area contributed by atoms with E-state index in [9.17, 15) is 31.1 Å². The minimum absolute atomic E-state index is 0.0966. The summed E-state index contributed by atoms with van der Waals surface area (Å²) in [6, 6.07) is 4.44. The zero-order valence-corrected chi connectivity index (χ0v) is 14.0. The molecule has 0 N–H and O–H groups in total. The number of hydrogen-bond donors (Lipinski definition) is 0. The highest BCUT2D eigenvalue weighted by Crippen LogP contribution is 2.24. The second-order valence-corrected chi connectivity index (χ2v) is 6.79. The fraction of sp³-hybridized carbons (Fsp3) is 0.562. The summed E-state index contributed by atoms with van der Waals surface area (Å²) < 4.78 is 78.0. The highest BCUT2D eigenvalue weighted by molar-refractivity contribution is 5.79. The topological polar surface area (TPSA) is 29.5 Å². The van der Waals surface area contributed by atoms with E-state index in [1.807, 2.05) is 0 Å². The van der Waals surface area contributed by atoms with Gasteiger partial charge in [0.1, 0.15) is 12.3 Å². The first-order chi connectivity index (χ1) is 11.1. The molecule has 1 amide bonds. The Morgan fingerprint density at radius 1 is 0.960 bits per heavy atom. The monoisotopic (exact) mass is 371 g/mol. The van der Waals surface area contributed by atoms with Crippen molar-refractivity contribution in [3.05, 3.63) is 29.8 Å². The highest BCUT2D eigenvalue weighted by atomic mass is 19.4. The first kappa shape index (κ1) is 21.1. The van der Waals surface area contributed by atoms with Gasteiger partial charge in [-0.1, -0.05) is 32.9 Å². The normalized spacial score (nSPS) is 12.8. The third-order valence-corrected chi connectivity index (χ3v) is 2.90. The molecule has 1 aromatic carbocycles. The number of halogens is 6. The van der Waals surface area contributed by atoms with Gasteiger partial charge in [0.15, 0.2) is 0 Å². The lowest BCUT2D eigenvalue weighted by Gasteiger charge is -2.30. The molecule has 9 heteroatoms. The molecule has 3 nitrogen and oxygen atoms in total. The smallest absolute Gasteiger partial charge is 0.406 e. The van der Waals surface area contributed by atoms with E-state index in [0.29, 0.717) is 10.5 Å². The van der Waals surface area contributed by atoms with Gasteiger partial charge in [-0.15, -0.1) is 13.2 Å². The Hall–Kier alpha value is -1.93. The predicted molar refractivity (Wildman–Crippen MR) is 78.9 cm³/mol. The van der Waals surface area contributed by atoms with Gasteiger partial charge in [-0.25, -0.2) is 0 Å². The largest absolute Gasteiger partial charge is 0.573 e. The van der Waals surface area contributed by atoms with Gasteiger partial charge >= 0.3 is 12.5 Å². The van der Waals surface area contributed by atoms with Crippen LogP contribution in [-0.4, -0.2) is 36.4 Å². The molecule has 0 bridgehead atoms. The average molecular weight is 371 g/mol. The van der Waals surface area contributed by atoms with Crippen LogP contribution in [0.2, 0.25) is 0 Å². The number of carbonyl (C=O) groups is 1. The van der Waals surface area contributed by atoms with Crippen molar-refractivity contribution < 1.29 is 35.9 Å². The molecule has 0 unspecified atom stereocenters. The molecule has 0 aliphatic rings. The summed E-state index contributed by atoms with van der Waals surface area (Å²) in [6.45, 7) is 3.63. The summed E-state index contributed by atoms with van der Waals surface area (Å²) in [5, 5.41) is 0. The van der Waals surface area contributed by atoms with Gasteiger partial charge in [-0.3, -0.25) is 4.79 Å². The Balaban J connectivity index is 2.81. The predicted octanol–water partition coefficient (Wildman–Crippen LogP) is 4.56. The van der Waals surface area contributed by atoms with Gasteiger partial charge in [0.2, 0.25) is 5.91 Å².